The van der Waals surface area contributed by atoms with Crippen LogP contribution in [0.4, 0.5) is 0 Å². The van der Waals surface area contributed by atoms with Crippen molar-refractivity contribution in [1.82, 2.24) is 20.2 Å². The molecule has 6 nitrogen and oxygen atoms in total. The average molecular weight is 457 g/mol. The number of likely N-dealkylation sites (N-methyl/N-ethyl adjacent to an activating group) is 1. The number of thioether (sulfide) groups is 1. The second-order valence-corrected chi connectivity index (χ2v) is 10.3. The number of aromatic nitrogens is 2. The first-order chi connectivity index (χ1) is 14.8. The van der Waals surface area contributed by atoms with Crippen LogP contribution in [0.15, 0.2) is 27.9 Å². The Morgan fingerprint density at radius 3 is 2.84 bits per heavy atom. The maximum absolute atomic E-state index is 12.7. The molecule has 1 saturated carbocycles. The molecule has 1 fully saturated rings. The minimum absolute atomic E-state index is 0.129. The van der Waals surface area contributed by atoms with Crippen LogP contribution in [0.25, 0.3) is 10.2 Å². The molecule has 3 aromatic rings. The molecule has 0 bridgehead atoms. The first-order valence-corrected chi connectivity index (χ1v) is 12.3. The Morgan fingerprint density at radius 1 is 1.32 bits per heavy atom. The average Bonchev–Trinajstić information content (AvgIpc) is 3.52. The number of thiophene rings is 1. The minimum atomic E-state index is -0.178. The highest BCUT2D eigenvalue weighted by molar-refractivity contribution is 7.98. The quantitative estimate of drug-likeness (QED) is 0.501. The molecule has 0 aliphatic heterocycles. The number of aromatic amines is 1. The van der Waals surface area contributed by atoms with Gasteiger partial charge in [0, 0.05) is 24.0 Å². The van der Waals surface area contributed by atoms with Crippen molar-refractivity contribution in [3.8, 4) is 0 Å². The number of aryl methyl sites for hydroxylation is 3. The predicted molar refractivity (Wildman–Crippen MR) is 128 cm³/mol. The van der Waals surface area contributed by atoms with E-state index in [-0.39, 0.29) is 11.5 Å². The van der Waals surface area contributed by atoms with Gasteiger partial charge in [0.25, 0.3) is 11.5 Å². The Morgan fingerprint density at radius 2 is 2.10 bits per heavy atom. The molecule has 8 heteroatoms. The lowest BCUT2D eigenvalue weighted by molar-refractivity contribution is 0.0953. The van der Waals surface area contributed by atoms with E-state index in [9.17, 15) is 9.59 Å². The number of H-pyrrole nitrogens is 1. The van der Waals surface area contributed by atoms with Crippen LogP contribution in [-0.2, 0) is 5.75 Å². The number of fused-ring (bicyclic) bond motifs is 1. The van der Waals surface area contributed by atoms with Gasteiger partial charge in [0.05, 0.1) is 16.0 Å². The SMILES string of the molecule is Cc1ccc(C)c(SCc2nc3sc(C(=O)NCCN(C)C4CC4)c(C)c3c(=O)[nH]2)c1. The minimum Gasteiger partial charge on any atom is -0.350 e. The van der Waals surface area contributed by atoms with Crippen molar-refractivity contribution in [1.29, 1.82) is 0 Å². The number of nitrogens with one attached hydrogen (secondary N) is 2. The van der Waals surface area contributed by atoms with E-state index in [0.29, 0.717) is 44.8 Å². The molecular formula is C23H28N4O2S2. The summed E-state index contributed by atoms with van der Waals surface area (Å²) in [5.41, 5.74) is 2.94. The fourth-order valence-corrected chi connectivity index (χ4v) is 5.72. The molecule has 0 unspecified atom stereocenters. The third-order valence-electron chi connectivity index (χ3n) is 5.68. The predicted octanol–water partition coefficient (Wildman–Crippen LogP) is 4.03. The van der Waals surface area contributed by atoms with Crippen LogP contribution in [0.1, 0.15) is 45.0 Å². The zero-order chi connectivity index (χ0) is 22.1. The molecular weight excluding hydrogens is 428 g/mol. The Balaban J connectivity index is 1.48. The van der Waals surface area contributed by atoms with Gasteiger partial charge in [-0.1, -0.05) is 17.7 Å². The van der Waals surface area contributed by atoms with E-state index >= 15 is 0 Å². The van der Waals surface area contributed by atoms with Crippen LogP contribution in [-0.4, -0.2) is 47.0 Å². The monoisotopic (exact) mass is 456 g/mol. The number of benzene rings is 1. The number of hydrogen-bond donors (Lipinski definition) is 2. The van der Waals surface area contributed by atoms with Crippen LogP contribution in [0.2, 0.25) is 0 Å². The zero-order valence-electron chi connectivity index (χ0n) is 18.4. The number of amides is 1. The summed E-state index contributed by atoms with van der Waals surface area (Å²) in [6.07, 6.45) is 2.50. The molecule has 1 aliphatic carbocycles. The van der Waals surface area contributed by atoms with Crippen LogP contribution < -0.4 is 10.9 Å². The van der Waals surface area contributed by atoms with Gasteiger partial charge in [-0.25, -0.2) is 4.98 Å². The van der Waals surface area contributed by atoms with Crippen molar-refractivity contribution < 1.29 is 4.79 Å². The summed E-state index contributed by atoms with van der Waals surface area (Å²) in [7, 11) is 2.09. The normalized spacial score (nSPS) is 13.8. The Hall–Kier alpha value is -2.16. The zero-order valence-corrected chi connectivity index (χ0v) is 20.0. The summed E-state index contributed by atoms with van der Waals surface area (Å²) in [6.45, 7) is 7.41. The van der Waals surface area contributed by atoms with E-state index in [1.807, 2.05) is 6.92 Å². The van der Waals surface area contributed by atoms with Crippen molar-refractivity contribution in [3.05, 3.63) is 55.9 Å². The Bertz CT molecular complexity index is 1180. The number of rotatable bonds is 8. The lowest BCUT2D eigenvalue weighted by atomic mass is 10.2. The van der Waals surface area contributed by atoms with Gasteiger partial charge in [-0.3, -0.25) is 9.59 Å². The van der Waals surface area contributed by atoms with Crippen molar-refractivity contribution in [2.45, 2.75) is 50.3 Å². The van der Waals surface area contributed by atoms with Gasteiger partial charge in [0.2, 0.25) is 0 Å². The molecule has 4 rings (SSSR count). The Kier molecular flexibility index (Phi) is 6.50. The molecule has 1 amide bonds. The number of carbonyl (C=O) groups excluding carboxylic acids is 1. The Labute approximate surface area is 190 Å². The second-order valence-electron chi connectivity index (χ2n) is 8.27. The number of nitrogens with zero attached hydrogens (tertiary/aromatic N) is 2. The molecule has 0 spiro atoms. The van der Waals surface area contributed by atoms with Crippen molar-refractivity contribution in [2.75, 3.05) is 20.1 Å². The second kappa shape index (κ2) is 9.14. The summed E-state index contributed by atoms with van der Waals surface area (Å²) in [6, 6.07) is 7.02. The summed E-state index contributed by atoms with van der Waals surface area (Å²) >= 11 is 2.96. The third-order valence-corrected chi connectivity index (χ3v) is 8.04. The summed E-state index contributed by atoms with van der Waals surface area (Å²) in [5, 5.41) is 3.51. The van der Waals surface area contributed by atoms with Crippen LogP contribution >= 0.6 is 23.1 Å². The van der Waals surface area contributed by atoms with Gasteiger partial charge < -0.3 is 15.2 Å². The first-order valence-electron chi connectivity index (χ1n) is 10.5. The summed E-state index contributed by atoms with van der Waals surface area (Å²) in [5.74, 6) is 1.07. The molecule has 31 heavy (non-hydrogen) atoms. The molecule has 1 aromatic carbocycles. The largest absolute Gasteiger partial charge is 0.350 e. The summed E-state index contributed by atoms with van der Waals surface area (Å²) in [4.78, 5) is 37.7. The third kappa shape index (κ3) is 5.02. The number of hydrogen-bond acceptors (Lipinski definition) is 6. The number of carbonyl (C=O) groups is 1. The maximum Gasteiger partial charge on any atom is 0.261 e. The van der Waals surface area contributed by atoms with Crippen molar-refractivity contribution in [2.24, 2.45) is 0 Å². The fourth-order valence-electron chi connectivity index (χ4n) is 3.61. The van der Waals surface area contributed by atoms with Crippen molar-refractivity contribution in [3.63, 3.8) is 0 Å². The van der Waals surface area contributed by atoms with Gasteiger partial charge in [0.1, 0.15) is 10.7 Å². The molecule has 0 saturated heterocycles. The molecule has 0 atom stereocenters. The van der Waals surface area contributed by atoms with E-state index in [0.717, 1.165) is 6.54 Å². The van der Waals surface area contributed by atoms with Gasteiger partial charge in [0.15, 0.2) is 0 Å². The lowest BCUT2D eigenvalue weighted by Gasteiger charge is -2.15. The molecule has 2 aromatic heterocycles. The standard InChI is InChI=1S/C23H28N4O2S2/c1-13-5-6-14(2)17(11-13)30-12-18-25-21(28)19-15(3)20(31-23(19)26-18)22(29)24-9-10-27(4)16-7-8-16/h5-6,11,16H,7-10,12H2,1-4H3,(H,24,29)(H,25,26,28). The van der Waals surface area contributed by atoms with Gasteiger partial charge in [-0.15, -0.1) is 23.1 Å². The van der Waals surface area contributed by atoms with Crippen LogP contribution in [0, 0.1) is 20.8 Å². The van der Waals surface area contributed by atoms with Gasteiger partial charge in [-0.2, -0.15) is 0 Å². The highest BCUT2D eigenvalue weighted by Gasteiger charge is 2.26. The smallest absolute Gasteiger partial charge is 0.261 e. The maximum atomic E-state index is 12.7. The van der Waals surface area contributed by atoms with E-state index in [1.165, 1.54) is 40.2 Å². The topological polar surface area (TPSA) is 78.1 Å². The molecule has 0 radical (unpaired) electrons. The van der Waals surface area contributed by atoms with Crippen LogP contribution in [0.3, 0.4) is 0 Å². The summed E-state index contributed by atoms with van der Waals surface area (Å²) < 4.78 is 0. The first kappa shape index (κ1) is 22.0. The van der Waals surface area contributed by atoms with Crippen LogP contribution in [0.5, 0.6) is 0 Å². The van der Waals surface area contributed by atoms with E-state index in [4.69, 9.17) is 0 Å². The molecule has 2 N–H and O–H groups in total. The highest BCUT2D eigenvalue weighted by Crippen LogP contribution is 2.29. The van der Waals surface area contributed by atoms with E-state index in [1.54, 1.807) is 11.8 Å². The molecule has 1 aliphatic rings. The van der Waals surface area contributed by atoms with E-state index in [2.05, 4.69) is 59.3 Å². The molecule has 2 heterocycles. The van der Waals surface area contributed by atoms with Gasteiger partial charge >= 0.3 is 0 Å². The lowest BCUT2D eigenvalue weighted by Crippen LogP contribution is -2.33. The van der Waals surface area contributed by atoms with E-state index < -0.39 is 0 Å². The van der Waals surface area contributed by atoms with Crippen molar-refractivity contribution >= 4 is 39.2 Å². The van der Waals surface area contributed by atoms with Gasteiger partial charge in [-0.05, 0) is 57.9 Å². The fraction of sp³-hybridized carbons (Fsp3) is 0.435. The molecule has 164 valence electrons. The highest BCUT2D eigenvalue weighted by atomic mass is 32.2.